The number of carbonyl (C=O) groups is 1. The van der Waals surface area contributed by atoms with Crippen LogP contribution in [-0.4, -0.2) is 34.5 Å². The lowest BCUT2D eigenvalue weighted by Crippen LogP contribution is -2.61. The maximum atomic E-state index is 12.5. The molecule has 208 valence electrons. The van der Waals surface area contributed by atoms with Gasteiger partial charge in [-0.15, -0.1) is 0 Å². The number of carbonyl (C=O) groups excluding carboxylic acids is 1. The first-order chi connectivity index (χ1) is 17.1. The number of hydrogen-bond acceptors (Lipinski definition) is 4. The molecule has 4 aliphatic carbocycles. The highest BCUT2D eigenvalue weighted by molar-refractivity contribution is 5.67. The van der Waals surface area contributed by atoms with Crippen LogP contribution in [0.1, 0.15) is 101 Å². The summed E-state index contributed by atoms with van der Waals surface area (Å²) in [5.41, 5.74) is 4.10. The highest BCUT2D eigenvalue weighted by Gasteiger charge is 2.64. The number of esters is 1. The van der Waals surface area contributed by atoms with Crippen molar-refractivity contribution in [2.45, 2.75) is 119 Å². The maximum Gasteiger partial charge on any atom is 0.303 e. The van der Waals surface area contributed by atoms with Gasteiger partial charge in [-0.2, -0.15) is 0 Å². The van der Waals surface area contributed by atoms with Crippen molar-refractivity contribution in [1.29, 1.82) is 0 Å². The van der Waals surface area contributed by atoms with Crippen LogP contribution in [0.25, 0.3) is 0 Å². The molecule has 2 N–H and O–H groups in total. The first-order valence-corrected chi connectivity index (χ1v) is 14.7. The van der Waals surface area contributed by atoms with E-state index in [1.165, 1.54) is 23.6 Å². The minimum absolute atomic E-state index is 0.134. The summed E-state index contributed by atoms with van der Waals surface area (Å²) in [6.07, 6.45) is 6.39. The molecule has 0 radical (unpaired) electrons. The normalized spacial score (nSPS) is 41.5. The van der Waals surface area contributed by atoms with E-state index in [9.17, 15) is 15.0 Å². The molecule has 1 saturated carbocycles. The standard InChI is InChI=1S/C33H52O4/c1-18(2)19(3)11-12-20(4)24-14-15-25-23-13-16-26-31(7,8)29(36)21(5)17-32(26,9)27(23)28(35)30(33(24,25)10)37-22(6)34/h15,18,20-21,24,26,28-30,35-36H,3,11-14,16-17H2,1-2,4-10H3/t20-,21-,24-,26+,28-,29+,30+,32?,33?/m1/s1. The topological polar surface area (TPSA) is 66.8 Å². The summed E-state index contributed by atoms with van der Waals surface area (Å²) in [5, 5.41) is 23.3. The average Bonchev–Trinajstić information content (AvgIpc) is 3.15. The Morgan fingerprint density at radius 2 is 1.84 bits per heavy atom. The highest BCUT2D eigenvalue weighted by Crippen LogP contribution is 2.67. The van der Waals surface area contributed by atoms with Crippen LogP contribution in [0.4, 0.5) is 0 Å². The van der Waals surface area contributed by atoms with Gasteiger partial charge in [0.2, 0.25) is 0 Å². The second-order valence-electron chi connectivity index (χ2n) is 14.4. The molecule has 1 fully saturated rings. The molecular weight excluding hydrogens is 460 g/mol. The van der Waals surface area contributed by atoms with Gasteiger partial charge in [-0.3, -0.25) is 4.79 Å². The van der Waals surface area contributed by atoms with Crippen LogP contribution in [0, 0.1) is 45.8 Å². The summed E-state index contributed by atoms with van der Waals surface area (Å²) < 4.78 is 6.11. The van der Waals surface area contributed by atoms with E-state index in [-0.39, 0.29) is 34.7 Å². The third kappa shape index (κ3) is 4.29. The zero-order valence-electron chi connectivity index (χ0n) is 24.9. The number of ether oxygens (including phenoxy) is 1. The molecule has 2 unspecified atom stereocenters. The molecule has 4 heteroatoms. The van der Waals surface area contributed by atoms with E-state index in [1.54, 1.807) is 0 Å². The fourth-order valence-electron chi connectivity index (χ4n) is 9.53. The van der Waals surface area contributed by atoms with E-state index in [4.69, 9.17) is 4.74 Å². The van der Waals surface area contributed by atoms with Gasteiger partial charge in [-0.1, -0.05) is 73.6 Å². The Morgan fingerprint density at radius 3 is 2.43 bits per heavy atom. The number of rotatable bonds is 6. The van der Waals surface area contributed by atoms with Crippen molar-refractivity contribution in [3.05, 3.63) is 34.9 Å². The largest absolute Gasteiger partial charge is 0.458 e. The van der Waals surface area contributed by atoms with Crippen LogP contribution >= 0.6 is 0 Å². The molecule has 4 nitrogen and oxygen atoms in total. The second kappa shape index (κ2) is 9.66. The van der Waals surface area contributed by atoms with Gasteiger partial charge in [0.05, 0.1) is 6.10 Å². The lowest BCUT2D eigenvalue weighted by atomic mass is 9.44. The summed E-state index contributed by atoms with van der Waals surface area (Å²) in [6, 6.07) is 0. The van der Waals surface area contributed by atoms with E-state index in [2.05, 4.69) is 68.0 Å². The van der Waals surface area contributed by atoms with Crippen LogP contribution in [0.2, 0.25) is 0 Å². The van der Waals surface area contributed by atoms with Gasteiger partial charge in [0.25, 0.3) is 0 Å². The minimum Gasteiger partial charge on any atom is -0.458 e. The highest BCUT2D eigenvalue weighted by atomic mass is 16.6. The zero-order valence-corrected chi connectivity index (χ0v) is 24.9. The summed E-state index contributed by atoms with van der Waals surface area (Å²) in [7, 11) is 0. The van der Waals surface area contributed by atoms with Crippen molar-refractivity contribution in [2.24, 2.45) is 45.8 Å². The lowest BCUT2D eigenvalue weighted by Gasteiger charge is -2.62. The van der Waals surface area contributed by atoms with Gasteiger partial charge >= 0.3 is 5.97 Å². The van der Waals surface area contributed by atoms with E-state index in [0.29, 0.717) is 17.8 Å². The fraction of sp³-hybridized carbons (Fsp3) is 0.788. The molecule has 0 saturated heterocycles. The SMILES string of the molecule is C=C(CC[C@@H](C)[C@H]1CC=C2C3=C([C@@H](O)[C@H](OC(C)=O)C21C)C1(C)C[C@@H](C)[C@H](O)C(C)(C)[C@@H]1CC3)C(C)C. The number of aliphatic hydroxyl groups is 2. The van der Waals surface area contributed by atoms with Crippen molar-refractivity contribution in [3.63, 3.8) is 0 Å². The first kappa shape index (κ1) is 28.6. The number of allylic oxidation sites excluding steroid dienone is 3. The molecule has 0 amide bonds. The number of hydrogen-bond donors (Lipinski definition) is 2. The predicted molar refractivity (Wildman–Crippen MR) is 150 cm³/mol. The minimum atomic E-state index is -0.828. The molecule has 0 aliphatic heterocycles. The molecule has 4 rings (SSSR count). The van der Waals surface area contributed by atoms with Crippen molar-refractivity contribution >= 4 is 5.97 Å². The van der Waals surface area contributed by atoms with Crippen LogP contribution in [0.3, 0.4) is 0 Å². The summed E-state index contributed by atoms with van der Waals surface area (Å²) in [4.78, 5) is 12.5. The smallest absolute Gasteiger partial charge is 0.303 e. The Hall–Kier alpha value is -1.39. The first-order valence-electron chi connectivity index (χ1n) is 14.7. The molecule has 0 bridgehead atoms. The van der Waals surface area contributed by atoms with Crippen LogP contribution < -0.4 is 0 Å². The molecule has 0 spiro atoms. The number of aliphatic hydroxyl groups excluding tert-OH is 2. The van der Waals surface area contributed by atoms with Gasteiger partial charge < -0.3 is 14.9 Å². The monoisotopic (exact) mass is 512 g/mol. The van der Waals surface area contributed by atoms with Gasteiger partial charge in [-0.25, -0.2) is 0 Å². The Morgan fingerprint density at radius 1 is 1.19 bits per heavy atom. The van der Waals surface area contributed by atoms with Crippen LogP contribution in [0.15, 0.2) is 34.9 Å². The predicted octanol–water partition coefficient (Wildman–Crippen LogP) is 7.01. The Kier molecular flexibility index (Phi) is 7.47. The second-order valence-corrected chi connectivity index (χ2v) is 14.4. The van der Waals surface area contributed by atoms with E-state index >= 15 is 0 Å². The van der Waals surface area contributed by atoms with Gasteiger partial charge in [0, 0.05) is 12.3 Å². The molecule has 37 heavy (non-hydrogen) atoms. The fourth-order valence-corrected chi connectivity index (χ4v) is 9.53. The Bertz CT molecular complexity index is 1000. The van der Waals surface area contributed by atoms with Crippen molar-refractivity contribution in [2.75, 3.05) is 0 Å². The van der Waals surface area contributed by atoms with Crippen molar-refractivity contribution in [1.82, 2.24) is 0 Å². The van der Waals surface area contributed by atoms with Gasteiger partial charge in [0.1, 0.15) is 12.2 Å². The van der Waals surface area contributed by atoms with E-state index in [1.807, 2.05) is 0 Å². The molecule has 9 atom stereocenters. The average molecular weight is 513 g/mol. The molecule has 0 aromatic rings. The Labute approximate surface area is 225 Å². The molecule has 0 heterocycles. The zero-order chi connectivity index (χ0) is 27.7. The molecule has 0 aromatic carbocycles. The maximum absolute atomic E-state index is 12.5. The van der Waals surface area contributed by atoms with Gasteiger partial charge in [-0.05, 0) is 95.7 Å². The van der Waals surface area contributed by atoms with Crippen molar-refractivity contribution < 1.29 is 19.7 Å². The number of fused-ring (bicyclic) bond motifs is 4. The van der Waals surface area contributed by atoms with E-state index < -0.39 is 17.6 Å². The van der Waals surface area contributed by atoms with Crippen LogP contribution in [-0.2, 0) is 9.53 Å². The molecule has 0 aromatic heterocycles. The Balaban J connectivity index is 1.78. The van der Waals surface area contributed by atoms with Crippen molar-refractivity contribution in [3.8, 4) is 0 Å². The summed E-state index contributed by atoms with van der Waals surface area (Å²) in [5.74, 6) is 1.26. The molecular formula is C33H52O4. The third-order valence-corrected chi connectivity index (χ3v) is 11.5. The summed E-state index contributed by atoms with van der Waals surface area (Å²) >= 11 is 0. The third-order valence-electron chi connectivity index (χ3n) is 11.5. The van der Waals surface area contributed by atoms with E-state index in [0.717, 1.165) is 44.1 Å². The molecule has 4 aliphatic rings. The quantitative estimate of drug-likeness (QED) is 0.297. The van der Waals surface area contributed by atoms with Gasteiger partial charge in [0.15, 0.2) is 0 Å². The lowest BCUT2D eigenvalue weighted by molar-refractivity contribution is -0.170. The summed E-state index contributed by atoms with van der Waals surface area (Å²) in [6.45, 7) is 23.6. The van der Waals surface area contributed by atoms with Crippen LogP contribution in [0.5, 0.6) is 0 Å².